The molecule has 0 spiro atoms. The third-order valence-corrected chi connectivity index (χ3v) is 4.44. The van der Waals surface area contributed by atoms with Gasteiger partial charge in [-0.2, -0.15) is 0 Å². The van der Waals surface area contributed by atoms with Crippen LogP contribution >= 0.6 is 11.8 Å². The van der Waals surface area contributed by atoms with Crippen LogP contribution in [0.3, 0.4) is 0 Å². The van der Waals surface area contributed by atoms with E-state index in [2.05, 4.69) is 5.32 Å². The number of methoxy groups -OCH3 is 1. The second-order valence-electron chi connectivity index (χ2n) is 5.30. The zero-order chi connectivity index (χ0) is 17.2. The molecule has 0 bridgehead atoms. The van der Waals surface area contributed by atoms with E-state index in [1.54, 1.807) is 18.9 Å². The first-order valence-electron chi connectivity index (χ1n) is 7.85. The summed E-state index contributed by atoms with van der Waals surface area (Å²) in [5, 5.41) is 2.87. The van der Waals surface area contributed by atoms with Crippen LogP contribution in [0.25, 0.3) is 0 Å². The molecule has 0 fully saturated rings. The van der Waals surface area contributed by atoms with Gasteiger partial charge in [-0.15, -0.1) is 11.8 Å². The minimum atomic E-state index is 0.0295. The Morgan fingerprint density at radius 1 is 1.12 bits per heavy atom. The molecule has 1 amide bonds. The summed E-state index contributed by atoms with van der Waals surface area (Å²) in [6.45, 7) is 2.99. The largest absolute Gasteiger partial charge is 0.497 e. The average molecular weight is 345 g/mol. The minimum absolute atomic E-state index is 0.0295. The Kier molecular flexibility index (Phi) is 7.49. The van der Waals surface area contributed by atoms with E-state index in [4.69, 9.17) is 9.47 Å². The molecule has 1 N–H and O–H groups in total. The maximum atomic E-state index is 11.8. The first-order chi connectivity index (χ1) is 11.7. The number of benzene rings is 2. The highest BCUT2D eigenvalue weighted by molar-refractivity contribution is 7.99. The lowest BCUT2D eigenvalue weighted by molar-refractivity contribution is -0.118. The van der Waals surface area contributed by atoms with Gasteiger partial charge >= 0.3 is 0 Å². The van der Waals surface area contributed by atoms with Crippen LogP contribution in [0.5, 0.6) is 11.5 Å². The number of hydrogen-bond donors (Lipinski definition) is 1. The molecule has 0 aliphatic carbocycles. The second kappa shape index (κ2) is 9.88. The van der Waals surface area contributed by atoms with Crippen molar-refractivity contribution in [2.75, 3.05) is 26.0 Å². The highest BCUT2D eigenvalue weighted by atomic mass is 32.2. The molecule has 0 saturated carbocycles. The average Bonchev–Trinajstić information content (AvgIpc) is 2.61. The van der Waals surface area contributed by atoms with Crippen molar-refractivity contribution in [3.05, 3.63) is 59.7 Å². The lowest BCUT2D eigenvalue weighted by atomic mass is 10.2. The molecule has 128 valence electrons. The van der Waals surface area contributed by atoms with Crippen molar-refractivity contribution in [1.82, 2.24) is 5.32 Å². The molecule has 5 heteroatoms. The van der Waals surface area contributed by atoms with Gasteiger partial charge in [0.25, 0.3) is 0 Å². The quantitative estimate of drug-likeness (QED) is 0.707. The minimum Gasteiger partial charge on any atom is -0.497 e. The predicted octanol–water partition coefficient (Wildman–Crippen LogP) is 3.43. The SMILES string of the molecule is COc1ccc(CSCC(=O)NCCOc2ccccc2C)cc1. The Balaban J connectivity index is 1.58. The zero-order valence-corrected chi connectivity index (χ0v) is 14.9. The predicted molar refractivity (Wildman–Crippen MR) is 98.8 cm³/mol. The summed E-state index contributed by atoms with van der Waals surface area (Å²) in [6.07, 6.45) is 0. The maximum Gasteiger partial charge on any atom is 0.230 e. The van der Waals surface area contributed by atoms with Crippen LogP contribution in [0.2, 0.25) is 0 Å². The van der Waals surface area contributed by atoms with Gasteiger partial charge in [0.15, 0.2) is 0 Å². The van der Waals surface area contributed by atoms with Crippen molar-refractivity contribution >= 4 is 17.7 Å². The fourth-order valence-electron chi connectivity index (χ4n) is 2.10. The van der Waals surface area contributed by atoms with E-state index in [1.165, 1.54) is 5.56 Å². The lowest BCUT2D eigenvalue weighted by Crippen LogP contribution is -2.29. The molecular weight excluding hydrogens is 322 g/mol. The maximum absolute atomic E-state index is 11.8. The molecule has 0 aliphatic rings. The third kappa shape index (κ3) is 6.16. The van der Waals surface area contributed by atoms with Crippen molar-refractivity contribution in [1.29, 1.82) is 0 Å². The van der Waals surface area contributed by atoms with E-state index in [9.17, 15) is 4.79 Å². The number of aryl methyl sites for hydroxylation is 1. The summed E-state index contributed by atoms with van der Waals surface area (Å²) in [4.78, 5) is 11.8. The normalized spacial score (nSPS) is 10.2. The van der Waals surface area contributed by atoms with Crippen LogP contribution in [0.1, 0.15) is 11.1 Å². The summed E-state index contributed by atoms with van der Waals surface area (Å²) in [6, 6.07) is 15.7. The molecule has 2 aromatic rings. The van der Waals surface area contributed by atoms with Gasteiger partial charge in [-0.25, -0.2) is 0 Å². The summed E-state index contributed by atoms with van der Waals surface area (Å²) in [5.41, 5.74) is 2.27. The van der Waals surface area contributed by atoms with Crippen LogP contribution in [0, 0.1) is 6.92 Å². The Morgan fingerprint density at radius 2 is 1.88 bits per heavy atom. The molecule has 2 rings (SSSR count). The first kappa shape index (κ1) is 18.2. The Morgan fingerprint density at radius 3 is 2.58 bits per heavy atom. The molecule has 0 radical (unpaired) electrons. The molecule has 4 nitrogen and oxygen atoms in total. The Labute approximate surface area is 147 Å². The Bertz CT molecular complexity index is 643. The molecular formula is C19H23NO3S. The number of carbonyl (C=O) groups is 1. The van der Waals surface area contributed by atoms with Crippen molar-refractivity contribution in [3.8, 4) is 11.5 Å². The van der Waals surface area contributed by atoms with Gasteiger partial charge < -0.3 is 14.8 Å². The molecule has 0 unspecified atom stereocenters. The zero-order valence-electron chi connectivity index (χ0n) is 14.1. The summed E-state index contributed by atoms with van der Waals surface area (Å²) in [7, 11) is 1.65. The van der Waals surface area contributed by atoms with Crippen molar-refractivity contribution in [2.45, 2.75) is 12.7 Å². The second-order valence-corrected chi connectivity index (χ2v) is 6.29. The van der Waals surface area contributed by atoms with Gasteiger partial charge in [-0.05, 0) is 36.2 Å². The molecule has 2 aromatic carbocycles. The molecule has 0 heterocycles. The number of rotatable bonds is 9. The molecule has 0 atom stereocenters. The molecule has 0 aromatic heterocycles. The van der Waals surface area contributed by atoms with E-state index >= 15 is 0 Å². The standard InChI is InChI=1S/C19H23NO3S/c1-15-5-3-4-6-18(15)23-12-11-20-19(21)14-24-13-16-7-9-17(22-2)10-8-16/h3-10H,11-14H2,1-2H3,(H,20,21). The first-order valence-corrected chi connectivity index (χ1v) is 9.00. The smallest absolute Gasteiger partial charge is 0.230 e. The van der Waals surface area contributed by atoms with Crippen molar-refractivity contribution in [2.24, 2.45) is 0 Å². The van der Waals surface area contributed by atoms with Gasteiger partial charge in [0.05, 0.1) is 19.4 Å². The number of carbonyl (C=O) groups excluding carboxylic acids is 1. The van der Waals surface area contributed by atoms with Gasteiger partial charge in [-0.3, -0.25) is 4.79 Å². The number of ether oxygens (including phenoxy) is 2. The van der Waals surface area contributed by atoms with Crippen LogP contribution in [-0.4, -0.2) is 31.9 Å². The molecule has 0 aliphatic heterocycles. The van der Waals surface area contributed by atoms with E-state index < -0.39 is 0 Å². The lowest BCUT2D eigenvalue weighted by Gasteiger charge is -2.09. The van der Waals surface area contributed by atoms with Crippen LogP contribution in [0.4, 0.5) is 0 Å². The molecule has 24 heavy (non-hydrogen) atoms. The van der Waals surface area contributed by atoms with Crippen LogP contribution in [0.15, 0.2) is 48.5 Å². The van der Waals surface area contributed by atoms with Gasteiger partial charge in [0.1, 0.15) is 18.1 Å². The summed E-state index contributed by atoms with van der Waals surface area (Å²) < 4.78 is 10.8. The number of para-hydroxylation sites is 1. The summed E-state index contributed by atoms with van der Waals surface area (Å²) >= 11 is 1.59. The highest BCUT2D eigenvalue weighted by Gasteiger charge is 2.03. The number of amides is 1. The van der Waals surface area contributed by atoms with Gasteiger partial charge in [-0.1, -0.05) is 30.3 Å². The fraction of sp³-hybridized carbons (Fsp3) is 0.316. The summed E-state index contributed by atoms with van der Waals surface area (Å²) in [5.74, 6) is 2.98. The van der Waals surface area contributed by atoms with Crippen LogP contribution in [-0.2, 0) is 10.5 Å². The number of nitrogens with one attached hydrogen (secondary N) is 1. The third-order valence-electron chi connectivity index (χ3n) is 3.44. The highest BCUT2D eigenvalue weighted by Crippen LogP contribution is 2.17. The van der Waals surface area contributed by atoms with E-state index in [-0.39, 0.29) is 5.91 Å². The fourth-order valence-corrected chi connectivity index (χ4v) is 2.92. The van der Waals surface area contributed by atoms with Crippen molar-refractivity contribution < 1.29 is 14.3 Å². The van der Waals surface area contributed by atoms with E-state index in [0.717, 1.165) is 22.8 Å². The van der Waals surface area contributed by atoms with Gasteiger partial charge in [0.2, 0.25) is 5.91 Å². The Hall–Kier alpha value is -2.14. The van der Waals surface area contributed by atoms with Gasteiger partial charge in [0, 0.05) is 5.75 Å². The van der Waals surface area contributed by atoms with E-state index in [0.29, 0.717) is 18.9 Å². The number of thioether (sulfide) groups is 1. The topological polar surface area (TPSA) is 47.6 Å². The van der Waals surface area contributed by atoms with Crippen LogP contribution < -0.4 is 14.8 Å². The van der Waals surface area contributed by atoms with E-state index in [1.807, 2.05) is 55.5 Å². The number of hydrogen-bond acceptors (Lipinski definition) is 4. The van der Waals surface area contributed by atoms with Crippen molar-refractivity contribution in [3.63, 3.8) is 0 Å². The monoisotopic (exact) mass is 345 g/mol. The molecule has 0 saturated heterocycles.